The van der Waals surface area contributed by atoms with Gasteiger partial charge in [0.25, 0.3) is 0 Å². The molecule has 20 heavy (non-hydrogen) atoms. The van der Waals surface area contributed by atoms with E-state index in [0.29, 0.717) is 25.8 Å². The van der Waals surface area contributed by atoms with Crippen molar-refractivity contribution in [1.29, 1.82) is 5.26 Å². The van der Waals surface area contributed by atoms with Crippen LogP contribution in [-0.4, -0.2) is 35.3 Å². The highest BCUT2D eigenvalue weighted by Crippen LogP contribution is 2.32. The fourth-order valence-corrected chi connectivity index (χ4v) is 2.70. The zero-order chi connectivity index (χ0) is 15.4. The van der Waals surface area contributed by atoms with E-state index in [9.17, 15) is 14.9 Å². The number of nitrogens with zero attached hydrogens (tertiary/aromatic N) is 2. The Morgan fingerprint density at radius 3 is 2.45 bits per heavy atom. The van der Waals surface area contributed by atoms with E-state index in [1.165, 1.54) is 4.90 Å². The van der Waals surface area contributed by atoms with Gasteiger partial charge in [0.2, 0.25) is 11.8 Å². The molecule has 0 aliphatic carbocycles. The molecule has 0 aromatic rings. The number of imide groups is 1. The van der Waals surface area contributed by atoms with Gasteiger partial charge < -0.3 is 0 Å². The lowest BCUT2D eigenvalue weighted by molar-refractivity contribution is -0.140. The molecule has 112 valence electrons. The van der Waals surface area contributed by atoms with Gasteiger partial charge in [0.05, 0.1) is 11.5 Å². The highest BCUT2D eigenvalue weighted by molar-refractivity contribution is 6.05. The molecule has 5 nitrogen and oxygen atoms in total. The Balaban J connectivity index is 2.58. The van der Waals surface area contributed by atoms with Gasteiger partial charge in [0.1, 0.15) is 5.54 Å². The van der Waals surface area contributed by atoms with Crippen LogP contribution in [-0.2, 0) is 9.59 Å². The molecule has 1 aliphatic heterocycles. The molecule has 0 saturated carbocycles. The first kappa shape index (κ1) is 16.6. The maximum absolute atomic E-state index is 12.1. The van der Waals surface area contributed by atoms with E-state index in [1.54, 1.807) is 13.8 Å². The van der Waals surface area contributed by atoms with Gasteiger partial charge in [0.15, 0.2) is 0 Å². The fourth-order valence-electron chi connectivity index (χ4n) is 2.70. The van der Waals surface area contributed by atoms with Crippen LogP contribution in [0.4, 0.5) is 0 Å². The van der Waals surface area contributed by atoms with Crippen molar-refractivity contribution in [3.63, 3.8) is 0 Å². The summed E-state index contributed by atoms with van der Waals surface area (Å²) in [6, 6.07) is 2.33. The van der Waals surface area contributed by atoms with Gasteiger partial charge in [-0.25, -0.2) is 0 Å². The maximum atomic E-state index is 12.1. The van der Waals surface area contributed by atoms with Gasteiger partial charge in [-0.15, -0.1) is 0 Å². The normalized spacial score (nSPS) is 20.9. The molecule has 1 aliphatic rings. The topological polar surface area (TPSA) is 73.2 Å². The summed E-state index contributed by atoms with van der Waals surface area (Å²) < 4.78 is 0. The van der Waals surface area contributed by atoms with Crippen LogP contribution in [0, 0.1) is 16.7 Å². The molecule has 1 N–H and O–H groups in total. The predicted octanol–water partition coefficient (Wildman–Crippen LogP) is 1.83. The van der Waals surface area contributed by atoms with Crippen molar-refractivity contribution >= 4 is 11.8 Å². The summed E-state index contributed by atoms with van der Waals surface area (Å²) in [4.78, 5) is 25.3. The molecular weight excluding hydrogens is 254 g/mol. The van der Waals surface area contributed by atoms with E-state index < -0.39 is 11.0 Å². The van der Waals surface area contributed by atoms with Gasteiger partial charge >= 0.3 is 0 Å². The summed E-state index contributed by atoms with van der Waals surface area (Å²) in [5.41, 5.74) is -1.12. The molecule has 0 spiro atoms. The van der Waals surface area contributed by atoms with E-state index in [4.69, 9.17) is 0 Å². The minimum absolute atomic E-state index is 0.0926. The van der Waals surface area contributed by atoms with Gasteiger partial charge in [-0.05, 0) is 25.8 Å². The van der Waals surface area contributed by atoms with Gasteiger partial charge in [0, 0.05) is 13.0 Å². The molecule has 1 fully saturated rings. The number of amides is 2. The Kier molecular flexibility index (Phi) is 5.29. The van der Waals surface area contributed by atoms with Gasteiger partial charge in [-0.2, -0.15) is 5.26 Å². The number of carbonyl (C=O) groups excluding carboxylic acids is 2. The SMILES string of the molecule is CCNC(C#N)(CC)CCCN1C(=O)CC(C)(C)C1=O. The molecule has 0 aromatic carbocycles. The quantitative estimate of drug-likeness (QED) is 0.722. The Morgan fingerprint density at radius 2 is 2.05 bits per heavy atom. The molecule has 5 heteroatoms. The number of hydrogen-bond acceptors (Lipinski definition) is 4. The van der Waals surface area contributed by atoms with Gasteiger partial charge in [-0.3, -0.25) is 19.8 Å². The lowest BCUT2D eigenvalue weighted by Gasteiger charge is -2.27. The summed E-state index contributed by atoms with van der Waals surface area (Å²) in [7, 11) is 0. The average molecular weight is 279 g/mol. The van der Waals surface area contributed by atoms with Crippen molar-refractivity contribution in [3.05, 3.63) is 0 Å². The van der Waals surface area contributed by atoms with E-state index in [0.717, 1.165) is 6.54 Å². The predicted molar refractivity (Wildman–Crippen MR) is 76.7 cm³/mol. The third kappa shape index (κ3) is 3.37. The standard InChI is InChI=1S/C15H25N3O2/c1-5-15(11-16,17-6-2)8-7-9-18-12(19)10-14(3,4)13(18)20/h17H,5-10H2,1-4H3. The molecule has 0 radical (unpaired) electrons. The summed E-state index contributed by atoms with van der Waals surface area (Å²) in [6.45, 7) is 8.69. The first-order valence-electron chi connectivity index (χ1n) is 7.33. The van der Waals surface area contributed by atoms with Crippen LogP contribution in [0.25, 0.3) is 0 Å². The molecule has 1 rings (SSSR count). The number of nitriles is 1. The van der Waals surface area contributed by atoms with Crippen LogP contribution in [0.5, 0.6) is 0 Å². The summed E-state index contributed by atoms with van der Waals surface area (Å²) in [5.74, 6) is -0.187. The maximum Gasteiger partial charge on any atom is 0.235 e. The number of nitrogens with one attached hydrogen (secondary N) is 1. The summed E-state index contributed by atoms with van der Waals surface area (Å²) in [6.07, 6.45) is 2.30. The van der Waals surface area contributed by atoms with Crippen LogP contribution >= 0.6 is 0 Å². The van der Waals surface area contributed by atoms with Crippen LogP contribution in [0.1, 0.15) is 53.4 Å². The molecule has 0 bridgehead atoms. The van der Waals surface area contributed by atoms with E-state index in [1.807, 2.05) is 13.8 Å². The highest BCUT2D eigenvalue weighted by atomic mass is 16.2. The Bertz CT molecular complexity index is 425. The summed E-state index contributed by atoms with van der Waals surface area (Å²) >= 11 is 0. The zero-order valence-corrected chi connectivity index (χ0v) is 13.0. The lowest BCUT2D eigenvalue weighted by atomic mass is 9.91. The van der Waals surface area contributed by atoms with Crippen molar-refractivity contribution < 1.29 is 9.59 Å². The fraction of sp³-hybridized carbons (Fsp3) is 0.800. The van der Waals surface area contributed by atoms with Crippen LogP contribution < -0.4 is 5.32 Å². The van der Waals surface area contributed by atoms with E-state index in [2.05, 4.69) is 11.4 Å². The Labute approximate surface area is 121 Å². The number of likely N-dealkylation sites (tertiary alicyclic amines) is 1. The molecular formula is C15H25N3O2. The zero-order valence-electron chi connectivity index (χ0n) is 13.0. The Morgan fingerprint density at radius 1 is 1.40 bits per heavy atom. The van der Waals surface area contributed by atoms with Gasteiger partial charge in [-0.1, -0.05) is 27.7 Å². The van der Waals surface area contributed by atoms with E-state index in [-0.39, 0.29) is 18.2 Å². The first-order valence-corrected chi connectivity index (χ1v) is 7.33. The van der Waals surface area contributed by atoms with Crippen molar-refractivity contribution in [2.24, 2.45) is 5.41 Å². The largest absolute Gasteiger partial charge is 0.300 e. The molecule has 1 heterocycles. The van der Waals surface area contributed by atoms with E-state index >= 15 is 0 Å². The third-order valence-electron chi connectivity index (χ3n) is 4.04. The Hall–Kier alpha value is -1.41. The molecule has 1 saturated heterocycles. The number of hydrogen-bond donors (Lipinski definition) is 1. The van der Waals surface area contributed by atoms with Crippen molar-refractivity contribution in [1.82, 2.24) is 10.2 Å². The lowest BCUT2D eigenvalue weighted by Crippen LogP contribution is -2.44. The van der Waals surface area contributed by atoms with Crippen molar-refractivity contribution in [2.45, 2.75) is 58.9 Å². The minimum atomic E-state index is -0.574. The van der Waals surface area contributed by atoms with Crippen LogP contribution in [0.2, 0.25) is 0 Å². The minimum Gasteiger partial charge on any atom is -0.300 e. The van der Waals surface area contributed by atoms with Crippen LogP contribution in [0.3, 0.4) is 0 Å². The third-order valence-corrected chi connectivity index (χ3v) is 4.04. The second-order valence-corrected chi connectivity index (χ2v) is 6.09. The number of carbonyl (C=O) groups is 2. The second kappa shape index (κ2) is 6.36. The van der Waals surface area contributed by atoms with Crippen molar-refractivity contribution in [3.8, 4) is 6.07 Å². The average Bonchev–Trinajstić information content (AvgIpc) is 2.59. The number of rotatable bonds is 7. The molecule has 0 aromatic heterocycles. The molecule has 1 atom stereocenters. The highest BCUT2D eigenvalue weighted by Gasteiger charge is 2.44. The smallest absolute Gasteiger partial charge is 0.235 e. The monoisotopic (exact) mass is 279 g/mol. The summed E-state index contributed by atoms with van der Waals surface area (Å²) in [5, 5.41) is 12.5. The van der Waals surface area contributed by atoms with Crippen LogP contribution in [0.15, 0.2) is 0 Å². The second-order valence-electron chi connectivity index (χ2n) is 6.09. The van der Waals surface area contributed by atoms with Crippen molar-refractivity contribution in [2.75, 3.05) is 13.1 Å². The first-order chi connectivity index (χ1) is 9.32. The molecule has 2 amide bonds. The molecule has 1 unspecified atom stereocenters.